The third-order valence-electron chi connectivity index (χ3n) is 3.58. The second-order valence-corrected chi connectivity index (χ2v) is 6.65. The fourth-order valence-corrected chi connectivity index (χ4v) is 3.85. The number of hydrogen-bond donors (Lipinski definition) is 1. The first-order valence-electron chi connectivity index (χ1n) is 6.71. The summed E-state index contributed by atoms with van der Waals surface area (Å²) < 4.78 is 0. The minimum absolute atomic E-state index is 0.00451. The average Bonchev–Trinajstić information content (AvgIpc) is 2.81. The van der Waals surface area contributed by atoms with E-state index >= 15 is 0 Å². The number of aryl methyl sites for hydroxylation is 2. The summed E-state index contributed by atoms with van der Waals surface area (Å²) >= 11 is 7.74. The third-order valence-corrected chi connectivity index (χ3v) is 5.01. The summed E-state index contributed by atoms with van der Waals surface area (Å²) in [6.45, 7) is 0. The molecule has 4 heteroatoms. The van der Waals surface area contributed by atoms with Gasteiger partial charge in [0.1, 0.15) is 0 Å². The van der Waals surface area contributed by atoms with Gasteiger partial charge in [0.05, 0.1) is 10.7 Å². The average molecular weight is 293 g/mol. The zero-order valence-electron chi connectivity index (χ0n) is 10.7. The van der Waals surface area contributed by atoms with Crippen LogP contribution in [0.15, 0.2) is 24.3 Å². The van der Waals surface area contributed by atoms with E-state index in [0.717, 1.165) is 23.4 Å². The van der Waals surface area contributed by atoms with Crippen LogP contribution < -0.4 is 5.73 Å². The summed E-state index contributed by atoms with van der Waals surface area (Å²) in [6, 6.07) is 7.79. The summed E-state index contributed by atoms with van der Waals surface area (Å²) in [5.74, 6) is 0. The molecule has 1 aliphatic rings. The van der Waals surface area contributed by atoms with Crippen molar-refractivity contribution in [1.82, 2.24) is 4.98 Å². The second-order valence-electron chi connectivity index (χ2n) is 5.05. The number of halogens is 1. The number of thiazole rings is 1. The highest BCUT2D eigenvalue weighted by molar-refractivity contribution is 7.11. The van der Waals surface area contributed by atoms with Crippen LogP contribution in [0.5, 0.6) is 0 Å². The predicted octanol–water partition coefficient (Wildman–Crippen LogP) is 3.92. The number of nitrogens with zero attached hydrogens (tertiary/aromatic N) is 1. The first-order chi connectivity index (χ1) is 9.22. The van der Waals surface area contributed by atoms with Crippen LogP contribution in [-0.4, -0.2) is 4.98 Å². The van der Waals surface area contributed by atoms with E-state index in [0.29, 0.717) is 0 Å². The maximum absolute atomic E-state index is 6.26. The summed E-state index contributed by atoms with van der Waals surface area (Å²) in [6.07, 6.45) is 5.74. The van der Waals surface area contributed by atoms with Crippen LogP contribution in [0, 0.1) is 0 Å². The Bertz CT molecular complexity index is 539. The molecule has 1 unspecified atom stereocenters. The Labute approximate surface area is 122 Å². The molecule has 19 heavy (non-hydrogen) atoms. The van der Waals surface area contributed by atoms with Crippen molar-refractivity contribution >= 4 is 22.9 Å². The molecule has 1 aromatic carbocycles. The lowest BCUT2D eigenvalue weighted by Crippen LogP contribution is -2.13. The van der Waals surface area contributed by atoms with Gasteiger partial charge in [-0.2, -0.15) is 0 Å². The number of aromatic nitrogens is 1. The maximum Gasteiger partial charge on any atom is 0.0950 e. The topological polar surface area (TPSA) is 38.9 Å². The van der Waals surface area contributed by atoms with E-state index in [1.165, 1.54) is 34.8 Å². The molecular formula is C15H17ClN2S. The Morgan fingerprint density at radius 2 is 1.95 bits per heavy atom. The van der Waals surface area contributed by atoms with Crippen molar-refractivity contribution in [1.29, 1.82) is 0 Å². The molecule has 2 nitrogen and oxygen atoms in total. The first-order valence-corrected chi connectivity index (χ1v) is 7.90. The lowest BCUT2D eigenvalue weighted by molar-refractivity contribution is 0.674. The Hall–Kier alpha value is -0.900. The van der Waals surface area contributed by atoms with Crippen molar-refractivity contribution in [2.45, 2.75) is 38.1 Å². The van der Waals surface area contributed by atoms with Crippen LogP contribution in [0.25, 0.3) is 0 Å². The van der Waals surface area contributed by atoms with Gasteiger partial charge in [0.2, 0.25) is 0 Å². The third kappa shape index (κ3) is 2.99. The summed E-state index contributed by atoms with van der Waals surface area (Å²) in [4.78, 5) is 6.22. The van der Waals surface area contributed by atoms with E-state index < -0.39 is 0 Å². The van der Waals surface area contributed by atoms with Gasteiger partial charge in [-0.1, -0.05) is 23.7 Å². The van der Waals surface area contributed by atoms with Gasteiger partial charge in [-0.15, -0.1) is 11.3 Å². The van der Waals surface area contributed by atoms with Crippen LogP contribution in [0.3, 0.4) is 0 Å². The molecule has 1 heterocycles. The molecule has 0 radical (unpaired) electrons. The van der Waals surface area contributed by atoms with Crippen molar-refractivity contribution in [3.8, 4) is 0 Å². The Kier molecular flexibility index (Phi) is 3.87. The molecule has 2 N–H and O–H groups in total. The van der Waals surface area contributed by atoms with Gasteiger partial charge < -0.3 is 5.73 Å². The number of hydrogen-bond acceptors (Lipinski definition) is 3. The molecule has 0 spiro atoms. The molecule has 100 valence electrons. The van der Waals surface area contributed by atoms with Gasteiger partial charge in [0, 0.05) is 22.4 Å². The van der Waals surface area contributed by atoms with Crippen LogP contribution in [0.2, 0.25) is 5.02 Å². The lowest BCUT2D eigenvalue weighted by Gasteiger charge is -2.10. The van der Waals surface area contributed by atoms with Gasteiger partial charge in [-0.25, -0.2) is 4.98 Å². The number of benzene rings is 1. The number of fused-ring (bicyclic) bond motifs is 1. The minimum atomic E-state index is 0.00451. The Morgan fingerprint density at radius 1 is 1.21 bits per heavy atom. The van der Waals surface area contributed by atoms with Crippen LogP contribution in [0.4, 0.5) is 0 Å². The summed E-state index contributed by atoms with van der Waals surface area (Å²) in [7, 11) is 0. The van der Waals surface area contributed by atoms with E-state index in [1.807, 2.05) is 35.6 Å². The smallest absolute Gasteiger partial charge is 0.0950 e. The summed E-state index contributed by atoms with van der Waals surface area (Å²) in [5, 5.41) is 1.93. The fourth-order valence-electron chi connectivity index (χ4n) is 2.51. The zero-order chi connectivity index (χ0) is 13.2. The van der Waals surface area contributed by atoms with E-state index in [1.54, 1.807) is 0 Å². The van der Waals surface area contributed by atoms with Gasteiger partial charge in [-0.3, -0.25) is 0 Å². The molecule has 0 saturated carbocycles. The number of nitrogens with two attached hydrogens (primary N) is 1. The van der Waals surface area contributed by atoms with E-state index in [2.05, 4.69) is 0 Å². The van der Waals surface area contributed by atoms with Crippen molar-refractivity contribution in [3.63, 3.8) is 0 Å². The van der Waals surface area contributed by atoms with E-state index in [4.69, 9.17) is 22.3 Å². The fraction of sp³-hybridized carbons (Fsp3) is 0.400. The van der Waals surface area contributed by atoms with Crippen LogP contribution >= 0.6 is 22.9 Å². The monoisotopic (exact) mass is 292 g/mol. The van der Waals surface area contributed by atoms with Crippen molar-refractivity contribution in [2.75, 3.05) is 0 Å². The van der Waals surface area contributed by atoms with Gasteiger partial charge in [0.15, 0.2) is 0 Å². The summed E-state index contributed by atoms with van der Waals surface area (Å²) in [5.41, 5.74) is 8.70. The lowest BCUT2D eigenvalue weighted by atomic mass is 10.0. The molecule has 0 saturated heterocycles. The second kappa shape index (κ2) is 5.61. The van der Waals surface area contributed by atoms with Gasteiger partial charge in [0.25, 0.3) is 0 Å². The van der Waals surface area contributed by atoms with Crippen LogP contribution in [0.1, 0.15) is 40.0 Å². The Morgan fingerprint density at radius 3 is 2.68 bits per heavy atom. The molecule has 1 aromatic heterocycles. The highest BCUT2D eigenvalue weighted by Crippen LogP contribution is 2.29. The first kappa shape index (κ1) is 13.1. The predicted molar refractivity (Wildman–Crippen MR) is 80.8 cm³/mol. The molecule has 0 amide bonds. The van der Waals surface area contributed by atoms with Crippen molar-refractivity contribution in [3.05, 3.63) is 50.4 Å². The minimum Gasteiger partial charge on any atom is -0.324 e. The molecule has 0 aliphatic heterocycles. The number of rotatable bonds is 3. The zero-order valence-corrected chi connectivity index (χ0v) is 12.3. The molecule has 0 fully saturated rings. The molecular weight excluding hydrogens is 276 g/mol. The molecule has 2 aromatic rings. The standard InChI is InChI=1S/C15H17ClN2S/c16-11-7-5-10(6-8-11)12(17)9-15-18-13-3-1-2-4-14(13)19-15/h5-8,12H,1-4,9,17H2. The van der Waals surface area contributed by atoms with E-state index in [-0.39, 0.29) is 6.04 Å². The Balaban J connectivity index is 1.73. The maximum atomic E-state index is 6.26. The van der Waals surface area contributed by atoms with Gasteiger partial charge >= 0.3 is 0 Å². The van der Waals surface area contributed by atoms with Crippen molar-refractivity contribution in [2.24, 2.45) is 5.73 Å². The molecule has 0 bridgehead atoms. The molecule has 1 atom stereocenters. The SMILES string of the molecule is NC(Cc1nc2c(s1)CCCC2)c1ccc(Cl)cc1. The largest absolute Gasteiger partial charge is 0.324 e. The normalized spacial score (nSPS) is 16.1. The molecule has 3 rings (SSSR count). The highest BCUT2D eigenvalue weighted by atomic mass is 35.5. The molecule has 1 aliphatic carbocycles. The quantitative estimate of drug-likeness (QED) is 0.931. The van der Waals surface area contributed by atoms with E-state index in [9.17, 15) is 0 Å². The van der Waals surface area contributed by atoms with Crippen molar-refractivity contribution < 1.29 is 0 Å². The van der Waals surface area contributed by atoms with Gasteiger partial charge in [-0.05, 0) is 43.4 Å². The van der Waals surface area contributed by atoms with Crippen LogP contribution in [-0.2, 0) is 19.3 Å². The highest BCUT2D eigenvalue weighted by Gasteiger charge is 2.17.